The van der Waals surface area contributed by atoms with Gasteiger partial charge in [-0.25, -0.2) is 9.78 Å². The Balaban J connectivity index is 2.81. The number of aromatic nitrogens is 3. The number of nitrogens with one attached hydrogen (secondary N) is 1. The molecule has 0 saturated heterocycles. The van der Waals surface area contributed by atoms with Gasteiger partial charge in [0.15, 0.2) is 5.82 Å². The van der Waals surface area contributed by atoms with Crippen LogP contribution in [0.1, 0.15) is 53.0 Å². The standard InChI is InChI=1S/C14H26N4O3/c1-9(2)7-10(17-13(20)21-14(3,4)5)11(19)12-15-8-16-18(12)6/h8-11,19H,7H2,1-6H3,(H,17,20)/t10-,11+/m0/s1. The number of aliphatic hydroxyl groups is 1. The van der Waals surface area contributed by atoms with Crippen LogP contribution >= 0.6 is 0 Å². The molecule has 21 heavy (non-hydrogen) atoms. The van der Waals surface area contributed by atoms with Crippen LogP contribution in [0.4, 0.5) is 4.79 Å². The molecule has 0 bridgehead atoms. The van der Waals surface area contributed by atoms with Crippen molar-refractivity contribution >= 4 is 6.09 Å². The van der Waals surface area contributed by atoms with Crippen molar-refractivity contribution in [2.24, 2.45) is 13.0 Å². The smallest absolute Gasteiger partial charge is 0.407 e. The fraction of sp³-hybridized carbons (Fsp3) is 0.786. The maximum Gasteiger partial charge on any atom is 0.407 e. The summed E-state index contributed by atoms with van der Waals surface area (Å²) >= 11 is 0. The maximum absolute atomic E-state index is 11.9. The molecule has 120 valence electrons. The van der Waals surface area contributed by atoms with E-state index in [0.29, 0.717) is 18.2 Å². The minimum absolute atomic E-state index is 0.299. The third kappa shape index (κ3) is 5.71. The molecule has 0 aliphatic rings. The molecule has 1 aromatic rings. The second-order valence-corrected chi connectivity index (χ2v) is 6.57. The summed E-state index contributed by atoms with van der Waals surface area (Å²) in [6, 6.07) is -0.484. The molecular formula is C14H26N4O3. The van der Waals surface area contributed by atoms with Crippen LogP contribution in [0.25, 0.3) is 0 Å². The highest BCUT2D eigenvalue weighted by atomic mass is 16.6. The zero-order chi connectivity index (χ0) is 16.2. The van der Waals surface area contributed by atoms with Crippen molar-refractivity contribution in [3.63, 3.8) is 0 Å². The predicted octanol–water partition coefficient (Wildman–Crippen LogP) is 1.79. The molecule has 1 rings (SSSR count). The Bertz CT molecular complexity index is 465. The van der Waals surface area contributed by atoms with Crippen LogP contribution in [0.3, 0.4) is 0 Å². The highest BCUT2D eigenvalue weighted by molar-refractivity contribution is 5.68. The number of ether oxygens (including phenoxy) is 1. The largest absolute Gasteiger partial charge is 0.444 e. The number of carbonyl (C=O) groups excluding carboxylic acids is 1. The average molecular weight is 298 g/mol. The van der Waals surface area contributed by atoms with Gasteiger partial charge in [-0.3, -0.25) is 4.68 Å². The third-order valence-corrected chi connectivity index (χ3v) is 2.82. The van der Waals surface area contributed by atoms with Crippen molar-refractivity contribution < 1.29 is 14.6 Å². The van der Waals surface area contributed by atoms with Crippen LogP contribution in [0.5, 0.6) is 0 Å². The highest BCUT2D eigenvalue weighted by Crippen LogP contribution is 2.20. The van der Waals surface area contributed by atoms with Gasteiger partial charge in [0.05, 0.1) is 6.04 Å². The van der Waals surface area contributed by atoms with Gasteiger partial charge in [0.25, 0.3) is 0 Å². The van der Waals surface area contributed by atoms with Crippen molar-refractivity contribution in [1.29, 1.82) is 0 Å². The molecule has 0 radical (unpaired) electrons. The van der Waals surface area contributed by atoms with Crippen molar-refractivity contribution in [1.82, 2.24) is 20.1 Å². The number of amides is 1. The molecule has 0 fully saturated rings. The van der Waals surface area contributed by atoms with E-state index in [2.05, 4.69) is 15.4 Å². The van der Waals surface area contributed by atoms with Gasteiger partial charge in [0.1, 0.15) is 18.0 Å². The van der Waals surface area contributed by atoms with Gasteiger partial charge >= 0.3 is 6.09 Å². The summed E-state index contributed by atoms with van der Waals surface area (Å²) in [5.41, 5.74) is -0.581. The van der Waals surface area contributed by atoms with E-state index >= 15 is 0 Å². The van der Waals surface area contributed by atoms with E-state index < -0.39 is 23.8 Å². The summed E-state index contributed by atoms with van der Waals surface area (Å²) in [7, 11) is 1.70. The maximum atomic E-state index is 11.9. The molecule has 0 aliphatic heterocycles. The van der Waals surface area contributed by atoms with E-state index in [-0.39, 0.29) is 0 Å². The predicted molar refractivity (Wildman–Crippen MR) is 78.6 cm³/mol. The van der Waals surface area contributed by atoms with Crippen LogP contribution < -0.4 is 5.32 Å². The van der Waals surface area contributed by atoms with Crippen LogP contribution in [-0.2, 0) is 11.8 Å². The van der Waals surface area contributed by atoms with E-state index in [4.69, 9.17) is 4.74 Å². The molecule has 1 amide bonds. The van der Waals surface area contributed by atoms with Gasteiger partial charge in [0, 0.05) is 7.05 Å². The van der Waals surface area contributed by atoms with Crippen molar-refractivity contribution in [3.8, 4) is 0 Å². The topological polar surface area (TPSA) is 89.3 Å². The summed E-state index contributed by atoms with van der Waals surface area (Å²) in [6.45, 7) is 9.43. The molecule has 1 heterocycles. The lowest BCUT2D eigenvalue weighted by Crippen LogP contribution is -2.43. The molecule has 1 aromatic heterocycles. The molecule has 7 nitrogen and oxygen atoms in total. The van der Waals surface area contributed by atoms with E-state index in [1.165, 1.54) is 11.0 Å². The monoisotopic (exact) mass is 298 g/mol. The SMILES string of the molecule is CC(C)C[C@H](NC(=O)OC(C)(C)C)[C@@H](O)c1ncnn1C. The lowest BCUT2D eigenvalue weighted by atomic mass is 9.99. The van der Waals surface area contributed by atoms with E-state index in [9.17, 15) is 9.90 Å². The van der Waals surface area contributed by atoms with Gasteiger partial charge in [-0.05, 0) is 33.1 Å². The van der Waals surface area contributed by atoms with Crippen molar-refractivity contribution in [3.05, 3.63) is 12.2 Å². The summed E-state index contributed by atoms with van der Waals surface area (Å²) in [6.07, 6.45) is 0.493. The second-order valence-electron chi connectivity index (χ2n) is 6.57. The van der Waals surface area contributed by atoms with Crippen LogP contribution in [0.15, 0.2) is 6.33 Å². The number of carbonyl (C=O) groups is 1. The van der Waals surface area contributed by atoms with Gasteiger partial charge in [-0.2, -0.15) is 5.10 Å². The van der Waals surface area contributed by atoms with Gasteiger partial charge in [0.2, 0.25) is 0 Å². The fourth-order valence-electron chi connectivity index (χ4n) is 1.99. The Hall–Kier alpha value is -1.63. The lowest BCUT2D eigenvalue weighted by Gasteiger charge is -2.27. The molecule has 0 unspecified atom stereocenters. The lowest BCUT2D eigenvalue weighted by molar-refractivity contribution is 0.0387. The van der Waals surface area contributed by atoms with Gasteiger partial charge < -0.3 is 15.2 Å². The number of hydrogen-bond donors (Lipinski definition) is 2. The zero-order valence-corrected chi connectivity index (χ0v) is 13.6. The Morgan fingerprint density at radius 1 is 1.48 bits per heavy atom. The number of alkyl carbamates (subject to hydrolysis) is 1. The normalized spacial score (nSPS) is 14.9. The number of hydrogen-bond acceptors (Lipinski definition) is 5. The summed E-state index contributed by atoms with van der Waals surface area (Å²) in [5, 5.41) is 17.1. The molecular weight excluding hydrogens is 272 g/mol. The Labute approximate surface area is 125 Å². The molecule has 7 heteroatoms. The molecule has 0 spiro atoms. The van der Waals surface area contributed by atoms with Crippen LogP contribution in [-0.4, -0.2) is 37.6 Å². The molecule has 0 aromatic carbocycles. The van der Waals surface area contributed by atoms with Crippen molar-refractivity contribution in [2.45, 2.75) is 58.8 Å². The Morgan fingerprint density at radius 3 is 2.52 bits per heavy atom. The highest BCUT2D eigenvalue weighted by Gasteiger charge is 2.28. The first-order valence-corrected chi connectivity index (χ1v) is 7.11. The molecule has 0 saturated carbocycles. The third-order valence-electron chi connectivity index (χ3n) is 2.82. The quantitative estimate of drug-likeness (QED) is 0.865. The Morgan fingerprint density at radius 2 is 2.10 bits per heavy atom. The fourth-order valence-corrected chi connectivity index (χ4v) is 1.99. The first-order chi connectivity index (χ1) is 9.60. The van der Waals surface area contributed by atoms with Crippen LogP contribution in [0, 0.1) is 5.92 Å². The Kier molecular flexibility index (Phi) is 5.71. The minimum Gasteiger partial charge on any atom is -0.444 e. The number of nitrogens with zero attached hydrogens (tertiary/aromatic N) is 3. The van der Waals surface area contributed by atoms with Crippen LogP contribution in [0.2, 0.25) is 0 Å². The van der Waals surface area contributed by atoms with E-state index in [1.807, 2.05) is 13.8 Å². The summed E-state index contributed by atoms with van der Waals surface area (Å²) in [4.78, 5) is 16.0. The first kappa shape index (κ1) is 17.4. The van der Waals surface area contributed by atoms with Gasteiger partial charge in [-0.15, -0.1) is 0 Å². The van der Waals surface area contributed by atoms with E-state index in [0.717, 1.165) is 0 Å². The number of rotatable bonds is 5. The van der Waals surface area contributed by atoms with E-state index in [1.54, 1.807) is 27.8 Å². The first-order valence-electron chi connectivity index (χ1n) is 7.11. The molecule has 2 atom stereocenters. The van der Waals surface area contributed by atoms with Gasteiger partial charge in [-0.1, -0.05) is 13.8 Å². The minimum atomic E-state index is -0.938. The second kappa shape index (κ2) is 6.89. The molecule has 0 aliphatic carbocycles. The zero-order valence-electron chi connectivity index (χ0n) is 13.6. The summed E-state index contributed by atoms with van der Waals surface area (Å²) < 4.78 is 6.74. The summed E-state index contributed by atoms with van der Waals surface area (Å²) in [5.74, 6) is 0.713. The van der Waals surface area contributed by atoms with Crippen molar-refractivity contribution in [2.75, 3.05) is 0 Å². The molecule has 2 N–H and O–H groups in total. The number of aryl methyl sites for hydroxylation is 1. The average Bonchev–Trinajstić information content (AvgIpc) is 2.70. The number of aliphatic hydroxyl groups excluding tert-OH is 1.